The zero-order valence-electron chi connectivity index (χ0n) is 16.0. The van der Waals surface area contributed by atoms with Crippen LogP contribution in [-0.2, 0) is 19.4 Å². The monoisotopic (exact) mass is 378 g/mol. The molecule has 3 heterocycles. The van der Waals surface area contributed by atoms with Gasteiger partial charge in [0, 0.05) is 24.3 Å². The van der Waals surface area contributed by atoms with Gasteiger partial charge in [0.1, 0.15) is 5.58 Å². The number of aromatic nitrogens is 5. The minimum absolute atomic E-state index is 0.176. The van der Waals surface area contributed by atoms with E-state index in [1.165, 1.54) is 5.69 Å². The highest BCUT2D eigenvalue weighted by Gasteiger charge is 2.29. The van der Waals surface area contributed by atoms with Crippen molar-refractivity contribution in [3.63, 3.8) is 0 Å². The van der Waals surface area contributed by atoms with Crippen LogP contribution in [0.4, 0.5) is 0 Å². The molecule has 4 aromatic rings. The molecule has 28 heavy (non-hydrogen) atoms. The van der Waals surface area contributed by atoms with E-state index >= 15 is 0 Å². The molecular weight excluding hydrogens is 356 g/mol. The largest absolute Gasteiger partial charge is 0.453 e. The van der Waals surface area contributed by atoms with Gasteiger partial charge < -0.3 is 13.8 Å². The lowest BCUT2D eigenvalue weighted by Gasteiger charge is -2.19. The van der Waals surface area contributed by atoms with Crippen molar-refractivity contribution < 1.29 is 8.94 Å². The second-order valence-electron chi connectivity index (χ2n) is 7.55. The van der Waals surface area contributed by atoms with Gasteiger partial charge in [0.15, 0.2) is 5.76 Å². The highest BCUT2D eigenvalue weighted by Crippen LogP contribution is 2.33. The van der Waals surface area contributed by atoms with Crippen molar-refractivity contribution in [1.29, 1.82) is 0 Å². The molecule has 1 unspecified atom stereocenters. The van der Waals surface area contributed by atoms with E-state index in [1.54, 1.807) is 0 Å². The van der Waals surface area contributed by atoms with E-state index < -0.39 is 0 Å². The molecule has 1 atom stereocenters. The van der Waals surface area contributed by atoms with Gasteiger partial charge in [-0.2, -0.15) is 4.98 Å². The molecule has 0 radical (unpaired) electrons. The molecule has 0 N–H and O–H groups in total. The smallest absolute Gasteiger partial charge is 0.238 e. The quantitative estimate of drug-likeness (QED) is 0.528. The molecule has 3 aromatic heterocycles. The Hall–Kier alpha value is -3.00. The average Bonchev–Trinajstić information content (AvgIpc) is 3.42. The summed E-state index contributed by atoms with van der Waals surface area (Å²) in [6.45, 7) is 1.76. The lowest BCUT2D eigenvalue weighted by Crippen LogP contribution is -2.22. The van der Waals surface area contributed by atoms with E-state index in [0.29, 0.717) is 17.5 Å². The standard InChI is InChI=1S/C20H22N6O2/c1-25(2)9-10-26-16-11-14(7-8-15(16)22-24-26)20-21-19(23-28-20)18-12-13-5-3-4-6-17(13)27-18/h3-6,12,14H,7-11H2,1-2H3. The Morgan fingerprint density at radius 1 is 1.25 bits per heavy atom. The number of hydrogen-bond acceptors (Lipinski definition) is 7. The number of para-hydroxylation sites is 1. The maximum atomic E-state index is 5.86. The molecule has 5 rings (SSSR count). The van der Waals surface area contributed by atoms with E-state index in [2.05, 4.69) is 39.4 Å². The second-order valence-corrected chi connectivity index (χ2v) is 7.55. The number of furan rings is 1. The van der Waals surface area contributed by atoms with Gasteiger partial charge in [-0.05, 0) is 39.1 Å². The third kappa shape index (κ3) is 3.09. The third-order valence-electron chi connectivity index (χ3n) is 5.28. The van der Waals surface area contributed by atoms with E-state index in [0.717, 1.165) is 49.0 Å². The first-order valence-corrected chi connectivity index (χ1v) is 9.56. The number of likely N-dealkylation sites (N-methyl/N-ethyl adjacent to an activating group) is 1. The molecule has 0 aliphatic heterocycles. The molecule has 1 aliphatic carbocycles. The van der Waals surface area contributed by atoms with Gasteiger partial charge >= 0.3 is 0 Å². The van der Waals surface area contributed by atoms with Gasteiger partial charge in [-0.25, -0.2) is 4.68 Å². The van der Waals surface area contributed by atoms with Gasteiger partial charge in [-0.15, -0.1) is 5.10 Å². The van der Waals surface area contributed by atoms with Crippen molar-refractivity contribution >= 4 is 11.0 Å². The highest BCUT2D eigenvalue weighted by atomic mass is 16.5. The van der Waals surface area contributed by atoms with Crippen LogP contribution < -0.4 is 0 Å². The first-order chi connectivity index (χ1) is 13.7. The molecule has 8 nitrogen and oxygen atoms in total. The van der Waals surface area contributed by atoms with Crippen LogP contribution in [0.15, 0.2) is 39.3 Å². The van der Waals surface area contributed by atoms with Crippen molar-refractivity contribution in [1.82, 2.24) is 30.0 Å². The number of hydrogen-bond donors (Lipinski definition) is 0. The highest BCUT2D eigenvalue weighted by molar-refractivity contribution is 5.81. The first kappa shape index (κ1) is 17.1. The van der Waals surface area contributed by atoms with Crippen molar-refractivity contribution in [2.45, 2.75) is 31.7 Å². The molecule has 0 spiro atoms. The first-order valence-electron chi connectivity index (χ1n) is 9.56. The predicted octanol–water partition coefficient (Wildman–Crippen LogP) is 2.91. The molecular formula is C20H22N6O2. The molecule has 0 amide bonds. The van der Waals surface area contributed by atoms with Gasteiger partial charge in [0.05, 0.1) is 17.9 Å². The number of benzene rings is 1. The fourth-order valence-electron chi connectivity index (χ4n) is 3.71. The van der Waals surface area contributed by atoms with Gasteiger partial charge in [-0.3, -0.25) is 0 Å². The van der Waals surface area contributed by atoms with Crippen LogP contribution in [0.25, 0.3) is 22.6 Å². The Morgan fingerprint density at radius 3 is 3.00 bits per heavy atom. The SMILES string of the molecule is CN(C)CCn1nnc2c1CC(c1nc(-c3cc4ccccc4o3)no1)CC2. The fourth-order valence-corrected chi connectivity index (χ4v) is 3.71. The zero-order valence-corrected chi connectivity index (χ0v) is 16.0. The fraction of sp³-hybridized carbons (Fsp3) is 0.400. The summed E-state index contributed by atoms with van der Waals surface area (Å²) in [4.78, 5) is 6.78. The summed E-state index contributed by atoms with van der Waals surface area (Å²) in [5.41, 5.74) is 3.09. The Kier molecular flexibility index (Phi) is 4.20. The minimum atomic E-state index is 0.176. The Morgan fingerprint density at radius 2 is 2.14 bits per heavy atom. The maximum Gasteiger partial charge on any atom is 0.238 e. The summed E-state index contributed by atoms with van der Waals surface area (Å²) in [6.07, 6.45) is 2.63. The summed E-state index contributed by atoms with van der Waals surface area (Å²) in [5.74, 6) is 1.96. The van der Waals surface area contributed by atoms with E-state index in [-0.39, 0.29) is 5.92 Å². The zero-order chi connectivity index (χ0) is 19.1. The van der Waals surface area contributed by atoms with E-state index in [9.17, 15) is 0 Å². The number of nitrogens with zero attached hydrogens (tertiary/aromatic N) is 6. The second kappa shape index (κ2) is 6.87. The molecule has 1 aliphatic rings. The number of rotatable bonds is 5. The van der Waals surface area contributed by atoms with Crippen molar-refractivity contribution in [3.8, 4) is 11.6 Å². The molecule has 0 saturated carbocycles. The molecule has 0 fully saturated rings. The van der Waals surface area contributed by atoms with Gasteiger partial charge in [0.2, 0.25) is 11.7 Å². The third-order valence-corrected chi connectivity index (χ3v) is 5.28. The van der Waals surface area contributed by atoms with E-state index in [1.807, 2.05) is 35.0 Å². The molecule has 8 heteroatoms. The average molecular weight is 378 g/mol. The van der Waals surface area contributed by atoms with Crippen molar-refractivity contribution in [2.75, 3.05) is 20.6 Å². The predicted molar refractivity (Wildman–Crippen MR) is 103 cm³/mol. The molecule has 1 aromatic carbocycles. The minimum Gasteiger partial charge on any atom is -0.453 e. The summed E-state index contributed by atoms with van der Waals surface area (Å²) in [7, 11) is 4.12. The van der Waals surface area contributed by atoms with Gasteiger partial charge in [0.25, 0.3) is 0 Å². The molecule has 144 valence electrons. The molecule has 0 bridgehead atoms. The lowest BCUT2D eigenvalue weighted by molar-refractivity contribution is 0.332. The van der Waals surface area contributed by atoms with Crippen LogP contribution in [0.1, 0.15) is 29.6 Å². The van der Waals surface area contributed by atoms with Crippen LogP contribution in [0.2, 0.25) is 0 Å². The van der Waals surface area contributed by atoms with Crippen LogP contribution in [0.5, 0.6) is 0 Å². The normalized spacial score (nSPS) is 16.8. The lowest BCUT2D eigenvalue weighted by atomic mass is 9.89. The Labute approximate surface area is 162 Å². The van der Waals surface area contributed by atoms with Crippen molar-refractivity contribution in [2.24, 2.45) is 0 Å². The topological polar surface area (TPSA) is 86.0 Å². The van der Waals surface area contributed by atoms with Crippen LogP contribution in [0.3, 0.4) is 0 Å². The van der Waals surface area contributed by atoms with Crippen LogP contribution in [0, 0.1) is 0 Å². The van der Waals surface area contributed by atoms with Crippen LogP contribution in [-0.4, -0.2) is 50.7 Å². The van der Waals surface area contributed by atoms with Crippen molar-refractivity contribution in [3.05, 3.63) is 47.6 Å². The Bertz CT molecular complexity index is 1080. The summed E-state index contributed by atoms with van der Waals surface area (Å²) in [6, 6.07) is 9.82. The summed E-state index contributed by atoms with van der Waals surface area (Å²) < 4.78 is 13.5. The summed E-state index contributed by atoms with van der Waals surface area (Å²) >= 11 is 0. The van der Waals surface area contributed by atoms with E-state index in [4.69, 9.17) is 8.94 Å². The molecule has 0 saturated heterocycles. The number of aryl methyl sites for hydroxylation is 1. The van der Waals surface area contributed by atoms with Gasteiger partial charge in [-0.1, -0.05) is 28.6 Å². The van der Waals surface area contributed by atoms with Crippen LogP contribution >= 0.6 is 0 Å². The summed E-state index contributed by atoms with van der Waals surface area (Å²) in [5, 5.41) is 13.9. The Balaban J connectivity index is 1.37. The number of fused-ring (bicyclic) bond motifs is 2. The maximum absolute atomic E-state index is 5.86.